The van der Waals surface area contributed by atoms with Crippen LogP contribution in [0.3, 0.4) is 0 Å². The van der Waals surface area contributed by atoms with Gasteiger partial charge in [-0.1, -0.05) is 29.8 Å². The number of amides is 1. The van der Waals surface area contributed by atoms with E-state index in [4.69, 9.17) is 0 Å². The molecule has 0 unspecified atom stereocenters. The van der Waals surface area contributed by atoms with E-state index < -0.39 is 23.2 Å². The number of aryl methyl sites for hydroxylation is 1. The van der Waals surface area contributed by atoms with Crippen molar-refractivity contribution in [2.24, 2.45) is 0 Å². The Hall–Kier alpha value is -3.46. The van der Waals surface area contributed by atoms with Gasteiger partial charge in [0.2, 0.25) is 0 Å². The van der Waals surface area contributed by atoms with Gasteiger partial charge in [-0.05, 0) is 36.8 Å². The largest absolute Gasteiger partial charge is 0.416 e. The number of nitrogens with zero attached hydrogens (tertiary/aromatic N) is 2. The van der Waals surface area contributed by atoms with Gasteiger partial charge in [0.05, 0.1) is 11.3 Å². The molecule has 4 rings (SSSR count). The smallest absolute Gasteiger partial charge is 0.322 e. The van der Waals surface area contributed by atoms with Crippen LogP contribution >= 0.6 is 11.3 Å². The van der Waals surface area contributed by atoms with E-state index in [0.717, 1.165) is 35.4 Å². The third-order valence-corrected chi connectivity index (χ3v) is 5.35. The number of anilines is 1. The van der Waals surface area contributed by atoms with Crippen molar-refractivity contribution in [3.63, 3.8) is 0 Å². The Kier molecular flexibility index (Phi) is 4.90. The number of fused-ring (bicyclic) bond motifs is 1. The zero-order valence-corrected chi connectivity index (χ0v) is 16.3. The summed E-state index contributed by atoms with van der Waals surface area (Å²) in [5.74, 6) is -0.747. The number of hydrogen-bond acceptors (Lipinski definition) is 4. The first kappa shape index (κ1) is 19.8. The van der Waals surface area contributed by atoms with Crippen LogP contribution in [0.15, 0.2) is 64.9 Å². The van der Waals surface area contributed by atoms with E-state index in [0.29, 0.717) is 10.7 Å². The molecule has 0 aliphatic carbocycles. The molecule has 0 aliphatic rings. The molecule has 152 valence electrons. The Labute approximate surface area is 172 Å². The van der Waals surface area contributed by atoms with Gasteiger partial charge in [0.1, 0.15) is 5.56 Å². The second-order valence-corrected chi connectivity index (χ2v) is 7.45. The molecule has 0 spiro atoms. The fraction of sp³-hybridized carbons (Fsp3) is 0.0952. The third-order valence-electron chi connectivity index (χ3n) is 4.51. The summed E-state index contributed by atoms with van der Waals surface area (Å²) in [4.78, 5) is 30.2. The van der Waals surface area contributed by atoms with Crippen LogP contribution in [0.25, 0.3) is 16.2 Å². The number of alkyl halides is 3. The highest BCUT2D eigenvalue weighted by Crippen LogP contribution is 2.30. The van der Waals surface area contributed by atoms with E-state index in [1.165, 1.54) is 21.9 Å². The maximum atomic E-state index is 13.0. The van der Waals surface area contributed by atoms with E-state index in [9.17, 15) is 22.8 Å². The monoisotopic (exact) mass is 429 g/mol. The van der Waals surface area contributed by atoms with E-state index in [2.05, 4.69) is 10.3 Å². The van der Waals surface area contributed by atoms with Crippen LogP contribution in [0.1, 0.15) is 21.5 Å². The number of nitrogens with one attached hydrogen (secondary N) is 1. The molecule has 9 heteroatoms. The SMILES string of the molecule is Cc1ccc(-c2csc3ncc(C(=O)Nc4ccc(C(F)(F)F)cc4)c(=O)n23)cc1. The van der Waals surface area contributed by atoms with Crippen molar-refractivity contribution >= 4 is 27.9 Å². The third kappa shape index (κ3) is 3.71. The van der Waals surface area contributed by atoms with Crippen LogP contribution in [-0.2, 0) is 6.18 Å². The summed E-state index contributed by atoms with van der Waals surface area (Å²) < 4.78 is 39.4. The molecule has 0 saturated carbocycles. The lowest BCUT2D eigenvalue weighted by atomic mass is 10.1. The highest BCUT2D eigenvalue weighted by Gasteiger charge is 2.30. The summed E-state index contributed by atoms with van der Waals surface area (Å²) in [5.41, 5.74) is 1.03. The fourth-order valence-corrected chi connectivity index (χ4v) is 3.77. The van der Waals surface area contributed by atoms with Gasteiger partial charge in [-0.2, -0.15) is 13.2 Å². The number of benzene rings is 2. The molecular weight excluding hydrogens is 415 g/mol. The Morgan fingerprint density at radius 2 is 1.73 bits per heavy atom. The highest BCUT2D eigenvalue weighted by atomic mass is 32.1. The van der Waals surface area contributed by atoms with Gasteiger partial charge < -0.3 is 5.32 Å². The summed E-state index contributed by atoms with van der Waals surface area (Å²) >= 11 is 1.27. The average Bonchev–Trinajstić information content (AvgIpc) is 3.13. The Morgan fingerprint density at radius 1 is 1.07 bits per heavy atom. The van der Waals surface area contributed by atoms with Crippen LogP contribution in [0, 0.1) is 6.92 Å². The van der Waals surface area contributed by atoms with Crippen molar-refractivity contribution in [1.29, 1.82) is 0 Å². The summed E-state index contributed by atoms with van der Waals surface area (Å²) in [5, 5.41) is 4.23. The van der Waals surface area contributed by atoms with Crippen molar-refractivity contribution in [3.8, 4) is 11.3 Å². The first-order valence-corrected chi connectivity index (χ1v) is 9.67. The highest BCUT2D eigenvalue weighted by molar-refractivity contribution is 7.15. The Bertz CT molecular complexity index is 1290. The first-order chi connectivity index (χ1) is 14.2. The second kappa shape index (κ2) is 7.42. The van der Waals surface area contributed by atoms with E-state index in [1.807, 2.05) is 31.2 Å². The maximum absolute atomic E-state index is 13.0. The molecular formula is C21H14F3N3O2S. The lowest BCUT2D eigenvalue weighted by Gasteiger charge is -2.09. The fourth-order valence-electron chi connectivity index (χ4n) is 2.92. The number of carbonyl (C=O) groups excluding carboxylic acids is 1. The molecule has 0 atom stereocenters. The number of carbonyl (C=O) groups is 1. The second-order valence-electron chi connectivity index (χ2n) is 6.61. The minimum absolute atomic E-state index is 0.140. The van der Waals surface area contributed by atoms with Gasteiger partial charge in [-0.15, -0.1) is 11.3 Å². The summed E-state index contributed by atoms with van der Waals surface area (Å²) in [6.07, 6.45) is -3.30. The summed E-state index contributed by atoms with van der Waals surface area (Å²) in [6.45, 7) is 1.95. The first-order valence-electron chi connectivity index (χ1n) is 8.79. The lowest BCUT2D eigenvalue weighted by Crippen LogP contribution is -2.26. The number of hydrogen-bond donors (Lipinski definition) is 1. The van der Waals surface area contributed by atoms with Gasteiger partial charge in [-0.25, -0.2) is 4.98 Å². The maximum Gasteiger partial charge on any atom is 0.416 e. The van der Waals surface area contributed by atoms with E-state index >= 15 is 0 Å². The van der Waals surface area contributed by atoms with Crippen LogP contribution in [-0.4, -0.2) is 15.3 Å². The van der Waals surface area contributed by atoms with Gasteiger partial charge in [0, 0.05) is 17.3 Å². The lowest BCUT2D eigenvalue weighted by molar-refractivity contribution is -0.137. The predicted molar refractivity (Wildman–Crippen MR) is 109 cm³/mol. The molecule has 0 radical (unpaired) electrons. The zero-order valence-electron chi connectivity index (χ0n) is 15.5. The summed E-state index contributed by atoms with van der Waals surface area (Å²) in [6, 6.07) is 11.6. The van der Waals surface area contributed by atoms with Crippen LogP contribution in [0.4, 0.5) is 18.9 Å². The topological polar surface area (TPSA) is 63.5 Å². The number of halogens is 3. The predicted octanol–water partition coefficient (Wildman–Crippen LogP) is 5.00. The standard InChI is InChI=1S/C21H14F3N3O2S/c1-12-2-4-13(5-3-12)17-11-30-20-25-10-16(19(29)27(17)20)18(28)26-15-8-6-14(7-9-15)21(22,23)24/h2-11H,1H3,(H,26,28). The molecule has 1 amide bonds. The van der Waals surface area contributed by atoms with Gasteiger partial charge in [0.15, 0.2) is 4.96 Å². The molecule has 0 bridgehead atoms. The average molecular weight is 429 g/mol. The number of aromatic nitrogens is 2. The van der Waals surface area contributed by atoms with Crippen molar-refractivity contribution in [3.05, 3.63) is 87.2 Å². The molecule has 0 fully saturated rings. The quantitative estimate of drug-likeness (QED) is 0.498. The van der Waals surface area contributed by atoms with E-state index in [-0.39, 0.29) is 11.3 Å². The minimum atomic E-state index is -4.47. The molecule has 1 N–H and O–H groups in total. The number of thiazole rings is 1. The van der Waals surface area contributed by atoms with Gasteiger partial charge in [-0.3, -0.25) is 14.0 Å². The molecule has 2 heterocycles. The van der Waals surface area contributed by atoms with Gasteiger partial charge in [0.25, 0.3) is 11.5 Å². The normalized spacial score (nSPS) is 11.6. The molecule has 0 aliphatic heterocycles. The van der Waals surface area contributed by atoms with Crippen molar-refractivity contribution < 1.29 is 18.0 Å². The molecule has 2 aromatic carbocycles. The van der Waals surface area contributed by atoms with Crippen molar-refractivity contribution in [1.82, 2.24) is 9.38 Å². The Balaban J connectivity index is 1.68. The molecule has 5 nitrogen and oxygen atoms in total. The molecule has 0 saturated heterocycles. The van der Waals surface area contributed by atoms with Crippen molar-refractivity contribution in [2.75, 3.05) is 5.32 Å². The van der Waals surface area contributed by atoms with E-state index in [1.54, 1.807) is 5.38 Å². The van der Waals surface area contributed by atoms with Crippen LogP contribution in [0.2, 0.25) is 0 Å². The minimum Gasteiger partial charge on any atom is -0.322 e. The molecule has 2 aromatic heterocycles. The Morgan fingerprint density at radius 3 is 2.37 bits per heavy atom. The van der Waals surface area contributed by atoms with Crippen molar-refractivity contribution in [2.45, 2.75) is 13.1 Å². The van der Waals surface area contributed by atoms with Gasteiger partial charge >= 0.3 is 6.18 Å². The van der Waals surface area contributed by atoms with Crippen LogP contribution in [0.5, 0.6) is 0 Å². The van der Waals surface area contributed by atoms with Crippen LogP contribution < -0.4 is 10.9 Å². The summed E-state index contributed by atoms with van der Waals surface area (Å²) in [7, 11) is 0. The molecule has 30 heavy (non-hydrogen) atoms. The number of rotatable bonds is 3. The zero-order chi connectivity index (χ0) is 21.5. The molecule has 4 aromatic rings.